The van der Waals surface area contributed by atoms with E-state index < -0.39 is 10.0 Å². The van der Waals surface area contributed by atoms with Crippen molar-refractivity contribution in [3.05, 3.63) is 89.5 Å². The van der Waals surface area contributed by atoms with Crippen LogP contribution in [-0.2, 0) is 23.1 Å². The van der Waals surface area contributed by atoms with Gasteiger partial charge >= 0.3 is 0 Å². The van der Waals surface area contributed by atoms with Crippen LogP contribution in [0.1, 0.15) is 16.7 Å². The van der Waals surface area contributed by atoms with Crippen molar-refractivity contribution in [2.75, 3.05) is 0 Å². The molecule has 1 heterocycles. The van der Waals surface area contributed by atoms with Gasteiger partial charge in [0.25, 0.3) is 0 Å². The predicted octanol–water partition coefficient (Wildman–Crippen LogP) is 3.85. The number of aliphatic imine (C=N–C) groups is 1. The van der Waals surface area contributed by atoms with E-state index >= 15 is 0 Å². The minimum atomic E-state index is -3.56. The van der Waals surface area contributed by atoms with Crippen LogP contribution in [0.3, 0.4) is 0 Å². The molecule has 5 nitrogen and oxygen atoms in total. The fourth-order valence-electron chi connectivity index (χ4n) is 3.07. The van der Waals surface area contributed by atoms with E-state index in [0.717, 1.165) is 11.1 Å². The molecule has 0 amide bonds. The molecule has 0 saturated heterocycles. The van der Waals surface area contributed by atoms with Crippen molar-refractivity contribution < 1.29 is 13.5 Å². The average Bonchev–Trinajstić information content (AvgIpc) is 3.13. The van der Waals surface area contributed by atoms with Crippen LogP contribution in [0.2, 0.25) is 0 Å². The number of para-hydroxylation sites is 1. The standard InChI is InChI=1S/C21H18N2O3S/c24-21-8-4-3-5-16(21)13-22-19-9-11-20(12-10-19)27(25,26)23-14-17-6-1-2-7-18(17)15-23/h1-13,24H,14-15H2. The monoisotopic (exact) mass is 378 g/mol. The maximum absolute atomic E-state index is 12.9. The molecule has 0 aliphatic carbocycles. The number of fused-ring (bicyclic) bond motifs is 1. The summed E-state index contributed by atoms with van der Waals surface area (Å²) >= 11 is 0. The highest BCUT2D eigenvalue weighted by Gasteiger charge is 2.30. The lowest BCUT2D eigenvalue weighted by Gasteiger charge is -2.15. The molecule has 0 radical (unpaired) electrons. The molecule has 0 unspecified atom stereocenters. The summed E-state index contributed by atoms with van der Waals surface area (Å²) in [7, 11) is -3.56. The second-order valence-corrected chi connectivity index (χ2v) is 8.29. The van der Waals surface area contributed by atoms with Crippen LogP contribution in [0, 0.1) is 0 Å². The third-order valence-corrected chi connectivity index (χ3v) is 6.38. The van der Waals surface area contributed by atoms with Gasteiger partial charge in [-0.1, -0.05) is 36.4 Å². The Morgan fingerprint density at radius 2 is 1.44 bits per heavy atom. The molecule has 1 aliphatic rings. The van der Waals surface area contributed by atoms with E-state index in [1.54, 1.807) is 48.7 Å². The SMILES string of the molecule is O=S(=O)(c1ccc(N=Cc2ccccc2O)cc1)N1Cc2ccccc2C1. The lowest BCUT2D eigenvalue weighted by Crippen LogP contribution is -2.25. The van der Waals surface area contributed by atoms with Gasteiger partial charge in [-0.3, -0.25) is 4.99 Å². The Labute approximate surface area is 158 Å². The van der Waals surface area contributed by atoms with E-state index in [9.17, 15) is 13.5 Å². The van der Waals surface area contributed by atoms with Crippen molar-refractivity contribution in [1.82, 2.24) is 4.31 Å². The highest BCUT2D eigenvalue weighted by atomic mass is 32.2. The molecule has 0 bridgehead atoms. The van der Waals surface area contributed by atoms with Gasteiger partial charge in [-0.2, -0.15) is 4.31 Å². The Morgan fingerprint density at radius 3 is 2.07 bits per heavy atom. The van der Waals surface area contributed by atoms with Crippen molar-refractivity contribution in [2.45, 2.75) is 18.0 Å². The van der Waals surface area contributed by atoms with Crippen LogP contribution in [0.25, 0.3) is 0 Å². The first kappa shape index (κ1) is 17.5. The van der Waals surface area contributed by atoms with Crippen molar-refractivity contribution >= 4 is 21.9 Å². The maximum Gasteiger partial charge on any atom is 0.243 e. The van der Waals surface area contributed by atoms with Gasteiger partial charge in [0.2, 0.25) is 10.0 Å². The number of benzene rings is 3. The molecule has 3 aromatic rings. The van der Waals surface area contributed by atoms with E-state index in [1.807, 2.05) is 30.3 Å². The van der Waals surface area contributed by atoms with Gasteiger partial charge in [0, 0.05) is 24.9 Å². The van der Waals surface area contributed by atoms with Crippen LogP contribution < -0.4 is 0 Å². The highest BCUT2D eigenvalue weighted by molar-refractivity contribution is 7.89. The Hall–Kier alpha value is -2.96. The van der Waals surface area contributed by atoms with Crippen molar-refractivity contribution in [3.63, 3.8) is 0 Å². The van der Waals surface area contributed by atoms with Crippen LogP contribution in [0.4, 0.5) is 5.69 Å². The zero-order valence-electron chi connectivity index (χ0n) is 14.5. The molecule has 6 heteroatoms. The molecule has 27 heavy (non-hydrogen) atoms. The van der Waals surface area contributed by atoms with Gasteiger partial charge in [-0.15, -0.1) is 0 Å². The fourth-order valence-corrected chi connectivity index (χ4v) is 4.46. The minimum Gasteiger partial charge on any atom is -0.507 e. The van der Waals surface area contributed by atoms with E-state index in [0.29, 0.717) is 24.3 Å². The van der Waals surface area contributed by atoms with Crippen molar-refractivity contribution in [1.29, 1.82) is 0 Å². The average molecular weight is 378 g/mol. The minimum absolute atomic E-state index is 0.147. The molecular formula is C21H18N2O3S. The molecule has 0 atom stereocenters. The van der Waals surface area contributed by atoms with E-state index in [4.69, 9.17) is 0 Å². The summed E-state index contributed by atoms with van der Waals surface area (Å²) in [4.78, 5) is 4.54. The molecule has 1 N–H and O–H groups in total. The van der Waals surface area contributed by atoms with Gasteiger partial charge in [0.15, 0.2) is 0 Å². The van der Waals surface area contributed by atoms with E-state index in [-0.39, 0.29) is 10.6 Å². The summed E-state index contributed by atoms with van der Waals surface area (Å²) < 4.78 is 27.3. The van der Waals surface area contributed by atoms with Crippen LogP contribution in [0.5, 0.6) is 5.75 Å². The summed E-state index contributed by atoms with van der Waals surface area (Å²) in [6.07, 6.45) is 1.55. The van der Waals surface area contributed by atoms with Gasteiger partial charge in [-0.05, 0) is 47.5 Å². The fraction of sp³-hybridized carbons (Fsp3) is 0.0952. The third kappa shape index (κ3) is 3.49. The molecule has 1 aliphatic heterocycles. The molecule has 0 saturated carbocycles. The summed E-state index contributed by atoms with van der Waals surface area (Å²) in [5.74, 6) is 0.147. The first-order chi connectivity index (χ1) is 13.0. The Balaban J connectivity index is 1.53. The second-order valence-electron chi connectivity index (χ2n) is 6.35. The van der Waals surface area contributed by atoms with Gasteiger partial charge in [0.1, 0.15) is 5.75 Å². The topological polar surface area (TPSA) is 70.0 Å². The Kier molecular flexibility index (Phi) is 4.51. The smallest absolute Gasteiger partial charge is 0.243 e. The number of rotatable bonds is 4. The quantitative estimate of drug-likeness (QED) is 0.701. The third-order valence-electron chi connectivity index (χ3n) is 4.58. The van der Waals surface area contributed by atoms with Gasteiger partial charge in [0.05, 0.1) is 10.6 Å². The Bertz CT molecular complexity index is 1080. The van der Waals surface area contributed by atoms with Crippen LogP contribution in [-0.4, -0.2) is 24.0 Å². The normalized spacial score (nSPS) is 14.5. The molecule has 136 valence electrons. The van der Waals surface area contributed by atoms with Crippen molar-refractivity contribution in [3.8, 4) is 5.75 Å². The highest BCUT2D eigenvalue weighted by Crippen LogP contribution is 2.29. The summed E-state index contributed by atoms with van der Waals surface area (Å²) in [5.41, 5.74) is 3.31. The summed E-state index contributed by atoms with van der Waals surface area (Å²) in [6, 6.07) is 21.1. The molecule has 0 spiro atoms. The van der Waals surface area contributed by atoms with Crippen LogP contribution >= 0.6 is 0 Å². The number of sulfonamides is 1. The first-order valence-electron chi connectivity index (χ1n) is 8.53. The molecular weight excluding hydrogens is 360 g/mol. The molecule has 0 aromatic heterocycles. The summed E-state index contributed by atoms with van der Waals surface area (Å²) in [5, 5.41) is 9.76. The number of phenols is 1. The van der Waals surface area contributed by atoms with E-state index in [1.165, 1.54) is 4.31 Å². The van der Waals surface area contributed by atoms with Gasteiger partial charge < -0.3 is 5.11 Å². The number of hydrogen-bond donors (Lipinski definition) is 1. The zero-order chi connectivity index (χ0) is 18.9. The summed E-state index contributed by atoms with van der Waals surface area (Å²) in [6.45, 7) is 0.789. The lowest BCUT2D eigenvalue weighted by molar-refractivity contribution is 0.431. The zero-order valence-corrected chi connectivity index (χ0v) is 15.3. The number of aromatic hydroxyl groups is 1. The maximum atomic E-state index is 12.9. The van der Waals surface area contributed by atoms with Gasteiger partial charge in [-0.25, -0.2) is 8.42 Å². The van der Waals surface area contributed by atoms with Crippen molar-refractivity contribution in [2.24, 2.45) is 4.99 Å². The molecule has 0 fully saturated rings. The number of nitrogens with zero attached hydrogens (tertiary/aromatic N) is 2. The second kappa shape index (κ2) is 6.98. The number of phenolic OH excluding ortho intramolecular Hbond substituents is 1. The lowest BCUT2D eigenvalue weighted by atomic mass is 10.1. The predicted molar refractivity (Wildman–Crippen MR) is 105 cm³/mol. The largest absolute Gasteiger partial charge is 0.507 e. The number of hydrogen-bond acceptors (Lipinski definition) is 4. The Morgan fingerprint density at radius 1 is 0.852 bits per heavy atom. The van der Waals surface area contributed by atoms with Crippen LogP contribution in [0.15, 0.2) is 82.7 Å². The first-order valence-corrected chi connectivity index (χ1v) is 9.97. The molecule has 4 rings (SSSR count). The molecule has 3 aromatic carbocycles. The van der Waals surface area contributed by atoms with E-state index in [2.05, 4.69) is 4.99 Å².